The van der Waals surface area contributed by atoms with E-state index in [-0.39, 0.29) is 11.7 Å². The highest BCUT2D eigenvalue weighted by Gasteiger charge is 2.23. The van der Waals surface area contributed by atoms with Crippen molar-refractivity contribution in [1.29, 1.82) is 0 Å². The number of carbonyl (C=O) groups excluding carboxylic acids is 1. The summed E-state index contributed by atoms with van der Waals surface area (Å²) in [5.41, 5.74) is 4.01. The molecule has 3 N–H and O–H groups in total. The van der Waals surface area contributed by atoms with Crippen LogP contribution in [0.4, 0.5) is 10.1 Å². The molecule has 4 rings (SSSR count). The average molecular weight is 417 g/mol. The zero-order valence-electron chi connectivity index (χ0n) is 17.4. The van der Waals surface area contributed by atoms with Gasteiger partial charge in [-0.2, -0.15) is 5.10 Å². The Bertz CT molecular complexity index is 1170. The van der Waals surface area contributed by atoms with Gasteiger partial charge in [0, 0.05) is 28.9 Å². The minimum absolute atomic E-state index is 0.230. The lowest BCUT2D eigenvalue weighted by Gasteiger charge is -2.18. The molecule has 0 radical (unpaired) electrons. The standard InChI is InChI=1S/C25H25FN4O/c1-17-22-15-19(11-12-24(22)30-29-17)28-25(31)21(20-9-5-6-10-23(20)26)13-14-27-16-18-7-3-2-4-8-18/h2-12,15,21,27H,13-14,16H2,1H3,(H,28,31)(H,29,30). The predicted octanol–water partition coefficient (Wildman–Crippen LogP) is 4.91. The maximum Gasteiger partial charge on any atom is 0.232 e. The molecule has 3 aromatic carbocycles. The fourth-order valence-electron chi connectivity index (χ4n) is 3.71. The summed E-state index contributed by atoms with van der Waals surface area (Å²) in [6.45, 7) is 3.21. The Morgan fingerprint density at radius 3 is 2.65 bits per heavy atom. The molecule has 1 unspecified atom stereocenters. The third-order valence-electron chi connectivity index (χ3n) is 5.39. The minimum atomic E-state index is -0.606. The molecule has 1 heterocycles. The van der Waals surface area contributed by atoms with E-state index in [0.29, 0.717) is 30.8 Å². The van der Waals surface area contributed by atoms with Gasteiger partial charge in [-0.15, -0.1) is 0 Å². The molecule has 0 aliphatic heterocycles. The normalized spacial score (nSPS) is 12.1. The largest absolute Gasteiger partial charge is 0.326 e. The van der Waals surface area contributed by atoms with E-state index in [1.165, 1.54) is 6.07 Å². The van der Waals surface area contributed by atoms with Crippen LogP contribution < -0.4 is 10.6 Å². The maximum absolute atomic E-state index is 14.5. The van der Waals surface area contributed by atoms with Gasteiger partial charge in [0.2, 0.25) is 5.91 Å². The number of benzene rings is 3. The van der Waals surface area contributed by atoms with Gasteiger partial charge in [-0.1, -0.05) is 48.5 Å². The van der Waals surface area contributed by atoms with Crippen molar-refractivity contribution in [2.24, 2.45) is 0 Å². The van der Waals surface area contributed by atoms with Gasteiger partial charge in [0.1, 0.15) is 5.82 Å². The Kier molecular flexibility index (Phi) is 6.38. The molecule has 158 valence electrons. The summed E-state index contributed by atoms with van der Waals surface area (Å²) in [7, 11) is 0. The highest BCUT2D eigenvalue weighted by atomic mass is 19.1. The number of H-pyrrole nitrogens is 1. The van der Waals surface area contributed by atoms with Crippen molar-refractivity contribution in [3.63, 3.8) is 0 Å². The number of hydrogen-bond acceptors (Lipinski definition) is 3. The molecular weight excluding hydrogens is 391 g/mol. The number of rotatable bonds is 8. The van der Waals surface area contributed by atoms with E-state index >= 15 is 0 Å². The molecule has 1 atom stereocenters. The van der Waals surface area contributed by atoms with Crippen molar-refractivity contribution in [2.45, 2.75) is 25.8 Å². The zero-order chi connectivity index (χ0) is 21.6. The van der Waals surface area contributed by atoms with Gasteiger partial charge < -0.3 is 10.6 Å². The van der Waals surface area contributed by atoms with Gasteiger partial charge in [-0.05, 0) is 49.7 Å². The summed E-state index contributed by atoms with van der Waals surface area (Å²) >= 11 is 0. The molecule has 1 amide bonds. The van der Waals surface area contributed by atoms with Crippen LogP contribution in [-0.2, 0) is 11.3 Å². The van der Waals surface area contributed by atoms with Gasteiger partial charge in [0.15, 0.2) is 0 Å². The second-order valence-electron chi connectivity index (χ2n) is 7.59. The van der Waals surface area contributed by atoms with Gasteiger partial charge in [0.05, 0.1) is 11.4 Å². The average Bonchev–Trinajstić information content (AvgIpc) is 3.15. The monoisotopic (exact) mass is 416 g/mol. The first-order valence-electron chi connectivity index (χ1n) is 10.4. The summed E-state index contributed by atoms with van der Waals surface area (Å²) in [5.74, 6) is -1.20. The van der Waals surface area contributed by atoms with E-state index < -0.39 is 5.92 Å². The third-order valence-corrected chi connectivity index (χ3v) is 5.39. The number of aromatic amines is 1. The lowest BCUT2D eigenvalue weighted by atomic mass is 9.94. The van der Waals surface area contributed by atoms with Crippen molar-refractivity contribution < 1.29 is 9.18 Å². The summed E-state index contributed by atoms with van der Waals surface area (Å²) in [4.78, 5) is 13.2. The maximum atomic E-state index is 14.5. The molecule has 1 aromatic heterocycles. The lowest BCUT2D eigenvalue weighted by Crippen LogP contribution is -2.26. The molecule has 0 bridgehead atoms. The second-order valence-corrected chi connectivity index (χ2v) is 7.59. The Balaban J connectivity index is 1.48. The van der Waals surface area contributed by atoms with Crippen LogP contribution in [-0.4, -0.2) is 22.6 Å². The number of fused-ring (bicyclic) bond motifs is 1. The third kappa shape index (κ3) is 4.98. The van der Waals surface area contributed by atoms with Crippen LogP contribution >= 0.6 is 0 Å². The molecule has 0 aliphatic rings. The van der Waals surface area contributed by atoms with Crippen LogP contribution in [0, 0.1) is 12.7 Å². The highest BCUT2D eigenvalue weighted by molar-refractivity contribution is 5.98. The van der Waals surface area contributed by atoms with E-state index in [4.69, 9.17) is 0 Å². The van der Waals surface area contributed by atoms with Crippen LogP contribution in [0.3, 0.4) is 0 Å². The van der Waals surface area contributed by atoms with E-state index in [1.54, 1.807) is 18.2 Å². The number of nitrogens with zero attached hydrogens (tertiary/aromatic N) is 1. The molecule has 4 aromatic rings. The van der Waals surface area contributed by atoms with Crippen LogP contribution in [0.25, 0.3) is 10.9 Å². The number of hydrogen-bond donors (Lipinski definition) is 3. The van der Waals surface area contributed by atoms with Crippen LogP contribution in [0.15, 0.2) is 72.8 Å². The summed E-state index contributed by atoms with van der Waals surface area (Å²) < 4.78 is 14.5. The molecule has 5 nitrogen and oxygen atoms in total. The van der Waals surface area contributed by atoms with Gasteiger partial charge in [-0.25, -0.2) is 4.39 Å². The fourth-order valence-corrected chi connectivity index (χ4v) is 3.71. The quantitative estimate of drug-likeness (QED) is 0.357. The zero-order valence-corrected chi connectivity index (χ0v) is 17.4. The predicted molar refractivity (Wildman–Crippen MR) is 121 cm³/mol. The number of nitrogens with one attached hydrogen (secondary N) is 3. The van der Waals surface area contributed by atoms with Gasteiger partial charge in [-0.3, -0.25) is 9.89 Å². The topological polar surface area (TPSA) is 69.8 Å². The molecule has 0 spiro atoms. The Labute approximate surface area is 180 Å². The van der Waals surface area contributed by atoms with E-state index in [2.05, 4.69) is 20.8 Å². The van der Waals surface area contributed by atoms with Crippen molar-refractivity contribution in [1.82, 2.24) is 15.5 Å². The van der Waals surface area contributed by atoms with Crippen LogP contribution in [0.1, 0.15) is 29.2 Å². The Morgan fingerprint density at radius 1 is 1.06 bits per heavy atom. The Hall–Kier alpha value is -3.51. The number of anilines is 1. The minimum Gasteiger partial charge on any atom is -0.326 e. The molecule has 0 saturated heterocycles. The fraction of sp³-hybridized carbons (Fsp3) is 0.200. The summed E-state index contributed by atoms with van der Waals surface area (Å²) in [6, 6.07) is 22.1. The first-order chi connectivity index (χ1) is 15.1. The number of amides is 1. The molecule has 0 aliphatic carbocycles. The lowest BCUT2D eigenvalue weighted by molar-refractivity contribution is -0.117. The molecule has 0 fully saturated rings. The summed E-state index contributed by atoms with van der Waals surface area (Å²) in [6.07, 6.45) is 0.479. The summed E-state index contributed by atoms with van der Waals surface area (Å²) in [5, 5.41) is 14.4. The SMILES string of the molecule is Cc1[nH]nc2ccc(NC(=O)C(CCNCc3ccccc3)c3ccccc3F)cc12. The van der Waals surface area contributed by atoms with E-state index in [9.17, 15) is 9.18 Å². The Morgan fingerprint density at radius 2 is 1.84 bits per heavy atom. The first kappa shape index (κ1) is 20.8. The first-order valence-corrected chi connectivity index (χ1v) is 10.4. The number of carbonyl (C=O) groups is 1. The van der Waals surface area contributed by atoms with E-state index in [0.717, 1.165) is 22.2 Å². The second kappa shape index (κ2) is 9.53. The molecule has 31 heavy (non-hydrogen) atoms. The number of aryl methyl sites for hydroxylation is 1. The van der Waals surface area contributed by atoms with Crippen LogP contribution in [0.5, 0.6) is 0 Å². The number of halogens is 1. The molecule has 6 heteroatoms. The number of aromatic nitrogens is 2. The van der Waals surface area contributed by atoms with E-state index in [1.807, 2.05) is 55.5 Å². The highest BCUT2D eigenvalue weighted by Crippen LogP contribution is 2.26. The van der Waals surface area contributed by atoms with Gasteiger partial charge >= 0.3 is 0 Å². The van der Waals surface area contributed by atoms with Crippen molar-refractivity contribution >= 4 is 22.5 Å². The van der Waals surface area contributed by atoms with Crippen molar-refractivity contribution in [3.05, 3.63) is 95.4 Å². The smallest absolute Gasteiger partial charge is 0.232 e. The molecule has 0 saturated carbocycles. The van der Waals surface area contributed by atoms with Gasteiger partial charge in [0.25, 0.3) is 0 Å². The van der Waals surface area contributed by atoms with Crippen molar-refractivity contribution in [2.75, 3.05) is 11.9 Å². The van der Waals surface area contributed by atoms with Crippen molar-refractivity contribution in [3.8, 4) is 0 Å². The molecular formula is C25H25FN4O. The van der Waals surface area contributed by atoms with Crippen LogP contribution in [0.2, 0.25) is 0 Å².